The summed E-state index contributed by atoms with van der Waals surface area (Å²) in [6, 6.07) is 11.9. The summed E-state index contributed by atoms with van der Waals surface area (Å²) in [5.74, 6) is 0.341. The van der Waals surface area contributed by atoms with E-state index in [-0.39, 0.29) is 54.7 Å². The summed E-state index contributed by atoms with van der Waals surface area (Å²) >= 11 is 0.989. The number of benzene rings is 2. The monoisotopic (exact) mass is 560 g/mol. The Morgan fingerprint density at radius 1 is 1.00 bits per heavy atom. The van der Waals surface area contributed by atoms with E-state index in [1.54, 1.807) is 42.5 Å². The zero-order chi connectivity index (χ0) is 26.7. The molecule has 5 rings (SSSR count). The molecule has 0 bridgehead atoms. The number of thioether (sulfide) groups is 1. The summed E-state index contributed by atoms with van der Waals surface area (Å²) in [6.07, 6.45) is 0. The molecule has 38 heavy (non-hydrogen) atoms. The van der Waals surface area contributed by atoms with Crippen LogP contribution in [0, 0.1) is 6.92 Å². The number of ether oxygens (including phenoxy) is 3. The number of piperazine rings is 1. The van der Waals surface area contributed by atoms with Gasteiger partial charge in [0, 0.05) is 31.7 Å². The van der Waals surface area contributed by atoms with Gasteiger partial charge in [-0.2, -0.15) is 4.31 Å². The Kier molecular flexibility index (Phi) is 7.53. The Bertz CT molecular complexity index is 1430. The molecule has 3 aromatic rings. The number of hydrogen-bond donors (Lipinski definition) is 0. The molecule has 1 saturated heterocycles. The van der Waals surface area contributed by atoms with Gasteiger partial charge in [0.05, 0.1) is 4.90 Å². The van der Waals surface area contributed by atoms with Gasteiger partial charge in [-0.25, -0.2) is 8.42 Å². The molecular formula is C24H24N4O8S2. The van der Waals surface area contributed by atoms with Gasteiger partial charge in [-0.3, -0.25) is 9.59 Å². The van der Waals surface area contributed by atoms with Crippen LogP contribution in [0.5, 0.6) is 11.5 Å². The number of aromatic nitrogens is 2. The number of amides is 1. The highest BCUT2D eigenvalue weighted by atomic mass is 32.2. The standard InChI is InChI=1S/C24H24N4O8S2/c1-16-2-5-18(6-3-16)38(31,32)28-10-8-27(9-11-28)21(29)13-33-22(30)14-37-24-26-25-23(36-24)17-4-7-19-20(12-17)35-15-34-19/h2-7,12H,8-11,13-15H2,1H3. The summed E-state index contributed by atoms with van der Waals surface area (Å²) in [5, 5.41) is 8.07. The van der Waals surface area contributed by atoms with E-state index in [1.807, 2.05) is 6.92 Å². The number of carbonyl (C=O) groups excluding carboxylic acids is 2. The molecule has 0 saturated carbocycles. The molecule has 1 amide bonds. The molecule has 2 aliphatic heterocycles. The molecule has 0 atom stereocenters. The molecule has 3 heterocycles. The van der Waals surface area contributed by atoms with Crippen LogP contribution >= 0.6 is 11.8 Å². The zero-order valence-electron chi connectivity index (χ0n) is 20.4. The Morgan fingerprint density at radius 2 is 1.74 bits per heavy atom. The molecular weight excluding hydrogens is 536 g/mol. The van der Waals surface area contributed by atoms with Gasteiger partial charge in [-0.15, -0.1) is 10.2 Å². The van der Waals surface area contributed by atoms with Gasteiger partial charge in [0.15, 0.2) is 18.1 Å². The molecule has 0 spiro atoms. The van der Waals surface area contributed by atoms with Crippen molar-refractivity contribution < 1.29 is 36.6 Å². The first-order chi connectivity index (χ1) is 18.3. The second-order valence-electron chi connectivity index (χ2n) is 8.49. The first kappa shape index (κ1) is 26.0. The first-order valence-corrected chi connectivity index (χ1v) is 14.1. The fourth-order valence-corrected chi connectivity index (χ4v) is 5.83. The van der Waals surface area contributed by atoms with E-state index in [0.29, 0.717) is 17.1 Å². The third-order valence-electron chi connectivity index (χ3n) is 5.95. The normalized spacial score (nSPS) is 15.4. The Balaban J connectivity index is 1.05. The van der Waals surface area contributed by atoms with Gasteiger partial charge in [0.25, 0.3) is 11.1 Å². The van der Waals surface area contributed by atoms with Gasteiger partial charge in [0.2, 0.25) is 22.7 Å². The van der Waals surface area contributed by atoms with Crippen molar-refractivity contribution in [2.75, 3.05) is 45.3 Å². The smallest absolute Gasteiger partial charge is 0.316 e. The third kappa shape index (κ3) is 5.76. The van der Waals surface area contributed by atoms with Crippen molar-refractivity contribution in [1.29, 1.82) is 0 Å². The van der Waals surface area contributed by atoms with Crippen LogP contribution in [0.3, 0.4) is 0 Å². The second kappa shape index (κ2) is 11.0. The summed E-state index contributed by atoms with van der Waals surface area (Å²) in [6.45, 7) is 2.34. The maximum absolute atomic E-state index is 12.8. The maximum atomic E-state index is 12.8. The molecule has 1 fully saturated rings. The molecule has 2 aromatic carbocycles. The van der Waals surface area contributed by atoms with E-state index < -0.39 is 28.5 Å². The number of carbonyl (C=O) groups is 2. The molecule has 0 unspecified atom stereocenters. The van der Waals surface area contributed by atoms with Crippen LogP contribution in [0.2, 0.25) is 0 Å². The van der Waals surface area contributed by atoms with E-state index in [9.17, 15) is 18.0 Å². The van der Waals surface area contributed by atoms with Crippen LogP contribution < -0.4 is 9.47 Å². The fourth-order valence-electron chi connectivity index (χ4n) is 3.85. The van der Waals surface area contributed by atoms with Crippen LogP contribution in [0.4, 0.5) is 0 Å². The minimum absolute atomic E-state index is 0.126. The third-order valence-corrected chi connectivity index (χ3v) is 8.65. The van der Waals surface area contributed by atoms with Crippen molar-refractivity contribution in [3.8, 4) is 23.0 Å². The second-order valence-corrected chi connectivity index (χ2v) is 11.4. The SMILES string of the molecule is Cc1ccc(S(=O)(=O)N2CCN(C(=O)COC(=O)CSc3nnc(-c4ccc5c(c4)OCO5)o3)CC2)cc1. The molecule has 12 nitrogen and oxygen atoms in total. The minimum atomic E-state index is -3.63. The Hall–Kier alpha value is -3.62. The van der Waals surface area contributed by atoms with Crippen LogP contribution in [-0.2, 0) is 24.3 Å². The number of rotatable bonds is 8. The molecule has 0 N–H and O–H groups in total. The van der Waals surface area contributed by atoms with Gasteiger partial charge < -0.3 is 23.5 Å². The van der Waals surface area contributed by atoms with Crippen molar-refractivity contribution in [3.05, 3.63) is 48.0 Å². The first-order valence-electron chi connectivity index (χ1n) is 11.7. The lowest BCUT2D eigenvalue weighted by Crippen LogP contribution is -2.51. The van der Waals surface area contributed by atoms with Gasteiger partial charge >= 0.3 is 5.97 Å². The maximum Gasteiger partial charge on any atom is 0.316 e. The molecule has 14 heteroatoms. The summed E-state index contributed by atoms with van der Waals surface area (Å²) in [5.41, 5.74) is 1.61. The van der Waals surface area contributed by atoms with Crippen LogP contribution in [-0.4, -0.2) is 85.0 Å². The van der Waals surface area contributed by atoms with E-state index in [0.717, 1.165) is 17.3 Å². The Morgan fingerprint density at radius 3 is 2.50 bits per heavy atom. The average molecular weight is 561 g/mol. The number of fused-ring (bicyclic) bond motifs is 1. The summed E-state index contributed by atoms with van der Waals surface area (Å²) in [4.78, 5) is 26.4. The molecule has 0 aliphatic carbocycles. The highest BCUT2D eigenvalue weighted by Crippen LogP contribution is 2.36. The number of esters is 1. The number of aryl methyl sites for hydroxylation is 1. The average Bonchev–Trinajstić information content (AvgIpc) is 3.60. The fraction of sp³-hybridized carbons (Fsp3) is 0.333. The topological polar surface area (TPSA) is 141 Å². The van der Waals surface area contributed by atoms with Gasteiger partial charge in [0.1, 0.15) is 5.75 Å². The summed E-state index contributed by atoms with van der Waals surface area (Å²) in [7, 11) is -3.63. The van der Waals surface area contributed by atoms with Crippen molar-refractivity contribution in [2.24, 2.45) is 0 Å². The predicted octanol–water partition coefficient (Wildman–Crippen LogP) is 1.94. The van der Waals surface area contributed by atoms with Crippen molar-refractivity contribution in [2.45, 2.75) is 17.0 Å². The number of nitrogens with zero attached hydrogens (tertiary/aromatic N) is 4. The van der Waals surface area contributed by atoms with Crippen LogP contribution in [0.25, 0.3) is 11.5 Å². The zero-order valence-corrected chi connectivity index (χ0v) is 22.0. The molecule has 0 radical (unpaired) electrons. The largest absolute Gasteiger partial charge is 0.455 e. The van der Waals surface area contributed by atoms with Crippen molar-refractivity contribution >= 4 is 33.7 Å². The molecule has 1 aromatic heterocycles. The molecule has 2 aliphatic rings. The highest BCUT2D eigenvalue weighted by molar-refractivity contribution is 7.99. The lowest BCUT2D eigenvalue weighted by Gasteiger charge is -2.33. The molecule has 200 valence electrons. The van der Waals surface area contributed by atoms with Crippen LogP contribution in [0.15, 0.2) is 57.0 Å². The van der Waals surface area contributed by atoms with E-state index in [4.69, 9.17) is 18.6 Å². The van der Waals surface area contributed by atoms with E-state index >= 15 is 0 Å². The van der Waals surface area contributed by atoms with Crippen molar-refractivity contribution in [3.63, 3.8) is 0 Å². The minimum Gasteiger partial charge on any atom is -0.455 e. The van der Waals surface area contributed by atoms with Crippen molar-refractivity contribution in [1.82, 2.24) is 19.4 Å². The van der Waals surface area contributed by atoms with E-state index in [2.05, 4.69) is 10.2 Å². The lowest BCUT2D eigenvalue weighted by atomic mass is 10.2. The lowest BCUT2D eigenvalue weighted by molar-refractivity contribution is -0.150. The number of hydrogen-bond acceptors (Lipinski definition) is 11. The summed E-state index contributed by atoms with van der Waals surface area (Å²) < 4.78 is 48.3. The highest BCUT2D eigenvalue weighted by Gasteiger charge is 2.30. The van der Waals surface area contributed by atoms with E-state index in [1.165, 1.54) is 9.21 Å². The number of sulfonamides is 1. The quantitative estimate of drug-likeness (QED) is 0.295. The van der Waals surface area contributed by atoms with Gasteiger partial charge in [-0.1, -0.05) is 29.5 Å². The Labute approximate surface area is 222 Å². The van der Waals surface area contributed by atoms with Gasteiger partial charge in [-0.05, 0) is 37.3 Å². The predicted molar refractivity (Wildman–Crippen MR) is 134 cm³/mol. The van der Waals surface area contributed by atoms with Crippen LogP contribution in [0.1, 0.15) is 5.56 Å².